The van der Waals surface area contributed by atoms with Crippen molar-refractivity contribution in [2.75, 3.05) is 0 Å². The van der Waals surface area contributed by atoms with Gasteiger partial charge in [-0.3, -0.25) is 9.97 Å². The summed E-state index contributed by atoms with van der Waals surface area (Å²) in [5.41, 5.74) is 3.09. The van der Waals surface area contributed by atoms with Crippen molar-refractivity contribution in [1.82, 2.24) is 9.97 Å². The molecular weight excluding hydrogens is 148 g/mol. The molecule has 1 rings (SSSR count). The van der Waals surface area contributed by atoms with E-state index in [9.17, 15) is 0 Å². The number of aromatic nitrogens is 2. The molecule has 1 aromatic rings. The fourth-order valence-corrected chi connectivity index (χ4v) is 0.960. The smallest absolute Gasteiger partial charge is 0.0593 e. The van der Waals surface area contributed by atoms with Gasteiger partial charge in [-0.2, -0.15) is 0 Å². The molecule has 0 fully saturated rings. The molecule has 2 nitrogen and oxygen atoms in total. The van der Waals surface area contributed by atoms with E-state index in [0.717, 1.165) is 29.9 Å². The van der Waals surface area contributed by atoms with E-state index in [1.54, 1.807) is 0 Å². The van der Waals surface area contributed by atoms with Crippen LogP contribution in [0.1, 0.15) is 23.5 Å². The van der Waals surface area contributed by atoms with Gasteiger partial charge >= 0.3 is 0 Å². The molecular formula is C10H14N2. The van der Waals surface area contributed by atoms with E-state index in [0.29, 0.717) is 0 Å². The summed E-state index contributed by atoms with van der Waals surface area (Å²) in [6.45, 7) is 7.63. The lowest BCUT2D eigenvalue weighted by Gasteiger charge is -2.01. The molecule has 0 aromatic carbocycles. The second kappa shape index (κ2) is 4.00. The van der Waals surface area contributed by atoms with Crippen LogP contribution in [0.25, 0.3) is 0 Å². The van der Waals surface area contributed by atoms with Crippen LogP contribution in [-0.4, -0.2) is 9.97 Å². The van der Waals surface area contributed by atoms with Crippen molar-refractivity contribution in [1.29, 1.82) is 0 Å². The van der Waals surface area contributed by atoms with Gasteiger partial charge in [0.2, 0.25) is 0 Å². The third-order valence-corrected chi connectivity index (χ3v) is 1.85. The summed E-state index contributed by atoms with van der Waals surface area (Å²) >= 11 is 0. The van der Waals surface area contributed by atoms with Gasteiger partial charge in [-0.15, -0.1) is 6.58 Å². The lowest BCUT2D eigenvalue weighted by atomic mass is 10.2. The summed E-state index contributed by atoms with van der Waals surface area (Å²) in [6, 6.07) is 0. The topological polar surface area (TPSA) is 25.8 Å². The van der Waals surface area contributed by atoms with Crippen LogP contribution in [0.5, 0.6) is 0 Å². The van der Waals surface area contributed by atoms with Crippen LogP contribution < -0.4 is 0 Å². The number of aryl methyl sites for hydroxylation is 3. The Hall–Kier alpha value is -1.18. The van der Waals surface area contributed by atoms with Gasteiger partial charge in [0.25, 0.3) is 0 Å². The molecule has 0 radical (unpaired) electrons. The van der Waals surface area contributed by atoms with Gasteiger partial charge in [0.15, 0.2) is 0 Å². The molecule has 0 saturated heterocycles. The van der Waals surface area contributed by atoms with Crippen molar-refractivity contribution in [3.8, 4) is 0 Å². The zero-order valence-corrected chi connectivity index (χ0v) is 7.67. The van der Waals surface area contributed by atoms with Gasteiger partial charge in [0.05, 0.1) is 17.1 Å². The van der Waals surface area contributed by atoms with E-state index < -0.39 is 0 Å². The quantitative estimate of drug-likeness (QED) is 0.637. The standard InChI is InChI=1S/C10H14N2/c1-4-5-6-10-7-11-8(2)9(3)12-10/h4,7H,1,5-6H2,2-3H3. The van der Waals surface area contributed by atoms with Crippen molar-refractivity contribution in [3.05, 3.63) is 35.9 Å². The van der Waals surface area contributed by atoms with Crippen molar-refractivity contribution in [2.45, 2.75) is 26.7 Å². The second-order valence-corrected chi connectivity index (χ2v) is 2.86. The van der Waals surface area contributed by atoms with Crippen molar-refractivity contribution in [2.24, 2.45) is 0 Å². The number of nitrogens with zero attached hydrogens (tertiary/aromatic N) is 2. The molecule has 1 aromatic heterocycles. The first-order valence-corrected chi connectivity index (χ1v) is 4.14. The summed E-state index contributed by atoms with van der Waals surface area (Å²) < 4.78 is 0. The molecule has 0 aliphatic rings. The zero-order chi connectivity index (χ0) is 8.97. The number of rotatable bonds is 3. The Morgan fingerprint density at radius 3 is 2.75 bits per heavy atom. The maximum Gasteiger partial charge on any atom is 0.0593 e. The fourth-order valence-electron chi connectivity index (χ4n) is 0.960. The molecule has 0 aliphatic carbocycles. The van der Waals surface area contributed by atoms with Gasteiger partial charge in [0.1, 0.15) is 0 Å². The van der Waals surface area contributed by atoms with E-state index >= 15 is 0 Å². The maximum atomic E-state index is 4.40. The Bertz CT molecular complexity index is 279. The summed E-state index contributed by atoms with van der Waals surface area (Å²) in [5, 5.41) is 0. The van der Waals surface area contributed by atoms with E-state index in [4.69, 9.17) is 0 Å². The van der Waals surface area contributed by atoms with Crippen LogP contribution in [-0.2, 0) is 6.42 Å². The van der Waals surface area contributed by atoms with E-state index in [1.165, 1.54) is 0 Å². The third kappa shape index (κ3) is 2.16. The lowest BCUT2D eigenvalue weighted by molar-refractivity contribution is 0.893. The normalized spacial score (nSPS) is 9.83. The highest BCUT2D eigenvalue weighted by Gasteiger charge is 1.97. The minimum Gasteiger partial charge on any atom is -0.258 e. The summed E-state index contributed by atoms with van der Waals surface area (Å²) in [6.07, 6.45) is 5.65. The minimum absolute atomic E-state index is 0.942. The van der Waals surface area contributed by atoms with Crippen LogP contribution in [0.4, 0.5) is 0 Å². The summed E-state index contributed by atoms with van der Waals surface area (Å²) in [4.78, 5) is 8.63. The highest BCUT2D eigenvalue weighted by molar-refractivity contribution is 5.10. The van der Waals surface area contributed by atoms with E-state index in [2.05, 4.69) is 16.5 Å². The largest absolute Gasteiger partial charge is 0.258 e. The molecule has 0 amide bonds. The predicted molar refractivity (Wildman–Crippen MR) is 50.0 cm³/mol. The van der Waals surface area contributed by atoms with E-state index in [1.807, 2.05) is 26.1 Å². The molecule has 12 heavy (non-hydrogen) atoms. The average molecular weight is 162 g/mol. The first-order valence-electron chi connectivity index (χ1n) is 4.14. The zero-order valence-electron chi connectivity index (χ0n) is 7.67. The van der Waals surface area contributed by atoms with Crippen LogP contribution in [0, 0.1) is 13.8 Å². The van der Waals surface area contributed by atoms with Crippen LogP contribution >= 0.6 is 0 Å². The third-order valence-electron chi connectivity index (χ3n) is 1.85. The van der Waals surface area contributed by atoms with Gasteiger partial charge in [-0.1, -0.05) is 6.08 Å². The molecule has 0 spiro atoms. The van der Waals surface area contributed by atoms with Crippen molar-refractivity contribution < 1.29 is 0 Å². The van der Waals surface area contributed by atoms with Gasteiger partial charge in [-0.05, 0) is 26.7 Å². The Labute approximate surface area is 73.4 Å². The molecule has 0 atom stereocenters. The predicted octanol–water partition coefficient (Wildman–Crippen LogP) is 2.21. The monoisotopic (exact) mass is 162 g/mol. The number of allylic oxidation sites excluding steroid dienone is 1. The molecule has 0 bridgehead atoms. The molecule has 0 saturated carbocycles. The molecule has 0 aliphatic heterocycles. The summed E-state index contributed by atoms with van der Waals surface area (Å²) in [7, 11) is 0. The Morgan fingerprint density at radius 1 is 1.42 bits per heavy atom. The fraction of sp³-hybridized carbons (Fsp3) is 0.400. The molecule has 1 heterocycles. The first-order chi connectivity index (χ1) is 5.74. The molecule has 2 heteroatoms. The van der Waals surface area contributed by atoms with Gasteiger partial charge in [-0.25, -0.2) is 0 Å². The SMILES string of the molecule is C=CCCc1cnc(C)c(C)n1. The number of hydrogen-bond acceptors (Lipinski definition) is 2. The highest BCUT2D eigenvalue weighted by Crippen LogP contribution is 2.03. The van der Waals surface area contributed by atoms with E-state index in [-0.39, 0.29) is 0 Å². The summed E-state index contributed by atoms with van der Waals surface area (Å²) in [5.74, 6) is 0. The van der Waals surface area contributed by atoms with Crippen LogP contribution in [0.2, 0.25) is 0 Å². The minimum atomic E-state index is 0.942. The Balaban J connectivity index is 2.75. The Morgan fingerprint density at radius 2 is 2.17 bits per heavy atom. The second-order valence-electron chi connectivity index (χ2n) is 2.86. The Kier molecular flexibility index (Phi) is 2.97. The lowest BCUT2D eigenvalue weighted by Crippen LogP contribution is -1.96. The number of hydrogen-bond donors (Lipinski definition) is 0. The maximum absolute atomic E-state index is 4.40. The highest BCUT2D eigenvalue weighted by atomic mass is 14.8. The van der Waals surface area contributed by atoms with Crippen LogP contribution in [0.15, 0.2) is 18.9 Å². The molecule has 0 unspecified atom stereocenters. The first kappa shape index (κ1) is 8.91. The molecule has 64 valence electrons. The van der Waals surface area contributed by atoms with Gasteiger partial charge < -0.3 is 0 Å². The van der Waals surface area contributed by atoms with Gasteiger partial charge in [0, 0.05) is 6.20 Å². The van der Waals surface area contributed by atoms with Crippen LogP contribution in [0.3, 0.4) is 0 Å². The molecule has 0 N–H and O–H groups in total. The van der Waals surface area contributed by atoms with Crippen molar-refractivity contribution >= 4 is 0 Å². The average Bonchev–Trinajstić information content (AvgIpc) is 2.07. The van der Waals surface area contributed by atoms with Crippen molar-refractivity contribution in [3.63, 3.8) is 0 Å².